The molecule has 19 heavy (non-hydrogen) atoms. The molecule has 102 valence electrons. The number of ether oxygens (including phenoxy) is 2. The lowest BCUT2D eigenvalue weighted by Gasteiger charge is -2.13. The van der Waals surface area contributed by atoms with Crippen molar-refractivity contribution in [2.24, 2.45) is 0 Å². The Bertz CT molecular complexity index is 475. The van der Waals surface area contributed by atoms with Crippen LogP contribution in [-0.2, 0) is 9.59 Å². The Kier molecular flexibility index (Phi) is 5.79. The molecular formula is C15H18O4. The second-order valence-corrected chi connectivity index (χ2v) is 4.28. The summed E-state index contributed by atoms with van der Waals surface area (Å²) in [5.41, 5.74) is 1.21. The fraction of sp³-hybridized carbons (Fsp3) is 0.333. The maximum atomic E-state index is 10.8. The van der Waals surface area contributed by atoms with E-state index in [0.717, 1.165) is 5.56 Å². The second kappa shape index (κ2) is 7.36. The third-order valence-corrected chi connectivity index (χ3v) is 2.37. The molecule has 0 bridgehead atoms. The summed E-state index contributed by atoms with van der Waals surface area (Å²) in [4.78, 5) is 21.2. The van der Waals surface area contributed by atoms with Crippen LogP contribution in [0.3, 0.4) is 0 Å². The van der Waals surface area contributed by atoms with Gasteiger partial charge in [0.25, 0.3) is 0 Å². The van der Waals surface area contributed by atoms with Crippen LogP contribution in [0.4, 0.5) is 0 Å². The zero-order valence-corrected chi connectivity index (χ0v) is 11.4. The largest absolute Gasteiger partial charge is 0.493 e. The van der Waals surface area contributed by atoms with Gasteiger partial charge in [0, 0.05) is 6.42 Å². The highest BCUT2D eigenvalue weighted by molar-refractivity contribution is 5.86. The number of hydrogen-bond acceptors (Lipinski definition) is 4. The van der Waals surface area contributed by atoms with E-state index in [-0.39, 0.29) is 12.5 Å². The van der Waals surface area contributed by atoms with Crippen LogP contribution in [0.5, 0.6) is 11.5 Å². The van der Waals surface area contributed by atoms with Gasteiger partial charge in [0.15, 0.2) is 11.5 Å². The first-order chi connectivity index (χ1) is 9.10. The molecule has 1 aromatic carbocycles. The molecule has 0 unspecified atom stereocenters. The average Bonchev–Trinajstić information content (AvgIpc) is 2.39. The fourth-order valence-corrected chi connectivity index (χ4v) is 1.58. The SMILES string of the molecule is COc1cc(C=C(C=O)CC=O)ccc1OC(C)C. The van der Waals surface area contributed by atoms with Crippen LogP contribution >= 0.6 is 0 Å². The Balaban J connectivity index is 3.05. The van der Waals surface area contributed by atoms with Gasteiger partial charge in [0.05, 0.1) is 13.2 Å². The molecule has 0 aliphatic heterocycles. The van der Waals surface area contributed by atoms with Crippen molar-refractivity contribution in [3.63, 3.8) is 0 Å². The molecule has 0 saturated heterocycles. The van der Waals surface area contributed by atoms with Gasteiger partial charge in [0.1, 0.15) is 12.6 Å². The Hall–Kier alpha value is -2.10. The molecule has 0 atom stereocenters. The Morgan fingerprint density at radius 2 is 2.00 bits per heavy atom. The number of aldehydes is 2. The van der Waals surface area contributed by atoms with Crippen molar-refractivity contribution in [3.05, 3.63) is 29.3 Å². The quantitative estimate of drug-likeness (QED) is 0.560. The molecule has 4 nitrogen and oxygen atoms in total. The van der Waals surface area contributed by atoms with Crippen LogP contribution in [0.25, 0.3) is 6.08 Å². The van der Waals surface area contributed by atoms with Crippen LogP contribution in [-0.4, -0.2) is 25.8 Å². The predicted molar refractivity (Wildman–Crippen MR) is 73.5 cm³/mol. The van der Waals surface area contributed by atoms with Gasteiger partial charge in [0.2, 0.25) is 0 Å². The fourth-order valence-electron chi connectivity index (χ4n) is 1.58. The van der Waals surface area contributed by atoms with E-state index in [0.29, 0.717) is 29.6 Å². The van der Waals surface area contributed by atoms with Gasteiger partial charge < -0.3 is 14.3 Å². The lowest BCUT2D eigenvalue weighted by Crippen LogP contribution is -2.06. The smallest absolute Gasteiger partial charge is 0.161 e. The van der Waals surface area contributed by atoms with Crippen molar-refractivity contribution in [2.45, 2.75) is 26.4 Å². The third-order valence-electron chi connectivity index (χ3n) is 2.37. The molecule has 0 heterocycles. The first kappa shape index (κ1) is 15.0. The maximum Gasteiger partial charge on any atom is 0.161 e. The molecular weight excluding hydrogens is 244 g/mol. The monoisotopic (exact) mass is 262 g/mol. The molecule has 0 aliphatic carbocycles. The number of benzene rings is 1. The van der Waals surface area contributed by atoms with Crippen molar-refractivity contribution in [1.29, 1.82) is 0 Å². The summed E-state index contributed by atoms with van der Waals surface area (Å²) in [6.45, 7) is 3.86. The number of carbonyl (C=O) groups is 2. The first-order valence-corrected chi connectivity index (χ1v) is 6.04. The first-order valence-electron chi connectivity index (χ1n) is 6.04. The van der Waals surface area contributed by atoms with Gasteiger partial charge in [-0.3, -0.25) is 4.79 Å². The molecule has 1 aromatic rings. The third kappa shape index (κ3) is 4.58. The van der Waals surface area contributed by atoms with Crippen molar-refractivity contribution in [3.8, 4) is 11.5 Å². The molecule has 0 spiro atoms. The van der Waals surface area contributed by atoms with E-state index in [1.165, 1.54) is 0 Å². The summed E-state index contributed by atoms with van der Waals surface area (Å²) < 4.78 is 10.8. The topological polar surface area (TPSA) is 52.6 Å². The summed E-state index contributed by atoms with van der Waals surface area (Å²) in [6.07, 6.45) is 3.20. The van der Waals surface area contributed by atoms with Crippen LogP contribution in [0.15, 0.2) is 23.8 Å². The van der Waals surface area contributed by atoms with E-state index in [4.69, 9.17) is 9.47 Å². The molecule has 0 radical (unpaired) electrons. The van der Waals surface area contributed by atoms with Gasteiger partial charge in [-0.15, -0.1) is 0 Å². The number of rotatable bonds is 7. The van der Waals surface area contributed by atoms with Gasteiger partial charge >= 0.3 is 0 Å². The van der Waals surface area contributed by atoms with E-state index in [1.54, 1.807) is 25.3 Å². The zero-order chi connectivity index (χ0) is 14.3. The Morgan fingerprint density at radius 3 is 2.53 bits per heavy atom. The summed E-state index contributed by atoms with van der Waals surface area (Å²) in [6, 6.07) is 5.37. The van der Waals surface area contributed by atoms with Crippen molar-refractivity contribution < 1.29 is 19.1 Å². The summed E-state index contributed by atoms with van der Waals surface area (Å²) in [7, 11) is 1.56. The normalized spacial score (nSPS) is 11.3. The van der Waals surface area contributed by atoms with E-state index in [2.05, 4.69) is 0 Å². The Labute approximate surface area is 113 Å². The molecule has 0 saturated carbocycles. The number of hydrogen-bond donors (Lipinski definition) is 0. The highest BCUT2D eigenvalue weighted by atomic mass is 16.5. The molecule has 0 N–H and O–H groups in total. The van der Waals surface area contributed by atoms with E-state index < -0.39 is 0 Å². The molecule has 0 amide bonds. The van der Waals surface area contributed by atoms with Gasteiger partial charge in [-0.2, -0.15) is 0 Å². The molecule has 0 aliphatic rings. The highest BCUT2D eigenvalue weighted by Crippen LogP contribution is 2.29. The van der Waals surface area contributed by atoms with E-state index >= 15 is 0 Å². The molecule has 0 aromatic heterocycles. The second-order valence-electron chi connectivity index (χ2n) is 4.28. The predicted octanol–water partition coefficient (Wildman–Crippen LogP) is 2.65. The summed E-state index contributed by atoms with van der Waals surface area (Å²) in [5.74, 6) is 1.25. The minimum absolute atomic E-state index is 0.0518. The lowest BCUT2D eigenvalue weighted by atomic mass is 10.1. The number of carbonyl (C=O) groups excluding carboxylic acids is 2. The van der Waals surface area contributed by atoms with Crippen molar-refractivity contribution in [1.82, 2.24) is 0 Å². The average molecular weight is 262 g/mol. The highest BCUT2D eigenvalue weighted by Gasteiger charge is 2.07. The minimum atomic E-state index is 0.0518. The summed E-state index contributed by atoms with van der Waals surface area (Å²) >= 11 is 0. The molecule has 4 heteroatoms. The minimum Gasteiger partial charge on any atom is -0.493 e. The molecule has 0 fully saturated rings. The zero-order valence-electron chi connectivity index (χ0n) is 11.4. The lowest BCUT2D eigenvalue weighted by molar-refractivity contribution is -0.109. The molecule has 1 rings (SSSR count). The van der Waals surface area contributed by atoms with Crippen LogP contribution in [0.1, 0.15) is 25.8 Å². The standard InChI is InChI=1S/C15H18O4/c1-11(2)19-14-5-4-12(9-15(14)18-3)8-13(10-17)6-7-16/h4-5,7-11H,6H2,1-3H3. The van der Waals surface area contributed by atoms with E-state index in [9.17, 15) is 9.59 Å². The van der Waals surface area contributed by atoms with Crippen LogP contribution in [0, 0.1) is 0 Å². The maximum absolute atomic E-state index is 10.8. The van der Waals surface area contributed by atoms with Gasteiger partial charge in [-0.05, 0) is 43.2 Å². The van der Waals surface area contributed by atoms with Crippen LogP contribution in [0.2, 0.25) is 0 Å². The van der Waals surface area contributed by atoms with Gasteiger partial charge in [-0.25, -0.2) is 0 Å². The van der Waals surface area contributed by atoms with E-state index in [1.807, 2.05) is 19.9 Å². The van der Waals surface area contributed by atoms with Crippen LogP contribution < -0.4 is 9.47 Å². The van der Waals surface area contributed by atoms with Gasteiger partial charge in [-0.1, -0.05) is 6.07 Å². The van der Waals surface area contributed by atoms with Crippen molar-refractivity contribution in [2.75, 3.05) is 7.11 Å². The Morgan fingerprint density at radius 1 is 1.26 bits per heavy atom. The number of allylic oxidation sites excluding steroid dienone is 1. The number of methoxy groups -OCH3 is 1. The summed E-state index contributed by atoms with van der Waals surface area (Å²) in [5, 5.41) is 0. The van der Waals surface area contributed by atoms with Crippen molar-refractivity contribution >= 4 is 18.6 Å².